The van der Waals surface area contributed by atoms with Gasteiger partial charge in [-0.2, -0.15) is 5.10 Å². The van der Waals surface area contributed by atoms with Crippen molar-refractivity contribution in [2.45, 2.75) is 19.9 Å². The van der Waals surface area contributed by atoms with E-state index in [1.165, 1.54) is 4.57 Å². The van der Waals surface area contributed by atoms with E-state index in [1.54, 1.807) is 35.4 Å². The Labute approximate surface area is 190 Å². The van der Waals surface area contributed by atoms with Gasteiger partial charge in [0, 0.05) is 24.0 Å². The highest BCUT2D eigenvalue weighted by atomic mass is 31.2. The molecule has 1 atom stereocenters. The summed E-state index contributed by atoms with van der Waals surface area (Å²) in [4.78, 5) is 23.8. The first-order chi connectivity index (χ1) is 15.9. The second kappa shape index (κ2) is 9.93. The lowest BCUT2D eigenvalue weighted by Gasteiger charge is -2.15. The molecule has 0 amide bonds. The zero-order valence-corrected chi connectivity index (χ0v) is 18.4. The molecule has 170 valence electrons. The Bertz CT molecular complexity index is 1260. The lowest BCUT2D eigenvalue weighted by molar-refractivity contribution is -0.712. The highest BCUT2D eigenvalue weighted by molar-refractivity contribution is 7.44. The smallest absolute Gasteiger partial charge is 0.282 e. The summed E-state index contributed by atoms with van der Waals surface area (Å²) in [5, 5.41) is 4.40. The number of ether oxygens (including phenoxy) is 1. The molecule has 10 nitrogen and oxygen atoms in total. The minimum absolute atomic E-state index is 0.280. The van der Waals surface area contributed by atoms with Gasteiger partial charge >= 0.3 is 0 Å². The van der Waals surface area contributed by atoms with E-state index in [4.69, 9.17) is 15.4 Å². The van der Waals surface area contributed by atoms with Gasteiger partial charge in [-0.1, -0.05) is 30.3 Å². The van der Waals surface area contributed by atoms with Gasteiger partial charge in [0.1, 0.15) is 6.61 Å². The predicted molar refractivity (Wildman–Crippen MR) is 117 cm³/mol. The van der Waals surface area contributed by atoms with Gasteiger partial charge in [-0.05, 0) is 29.3 Å². The van der Waals surface area contributed by atoms with E-state index >= 15 is 0 Å². The van der Waals surface area contributed by atoms with Crippen molar-refractivity contribution in [2.24, 2.45) is 0 Å². The molecular formula is C22H22N5O5P. The number of nitrogens with two attached hydrogens (primary N) is 1. The molecule has 0 bridgehead atoms. The topological polar surface area (TPSA) is 139 Å². The summed E-state index contributed by atoms with van der Waals surface area (Å²) < 4.78 is 24.1. The van der Waals surface area contributed by atoms with Gasteiger partial charge in [0.15, 0.2) is 6.73 Å². The lowest BCUT2D eigenvalue weighted by Crippen LogP contribution is -2.38. The van der Waals surface area contributed by atoms with Crippen LogP contribution in [0.25, 0.3) is 11.1 Å². The fourth-order valence-electron chi connectivity index (χ4n) is 3.16. The van der Waals surface area contributed by atoms with E-state index in [1.807, 2.05) is 48.7 Å². The number of aromatic nitrogens is 4. The Morgan fingerprint density at radius 2 is 1.91 bits per heavy atom. The monoisotopic (exact) mass is 467 g/mol. The Hall–Kier alpha value is -3.56. The Balaban J connectivity index is 1.40. The number of nitrogen functional groups attached to an aromatic ring is 1. The Morgan fingerprint density at radius 1 is 1.12 bits per heavy atom. The first-order valence-corrected chi connectivity index (χ1v) is 11.5. The zero-order valence-electron chi connectivity index (χ0n) is 17.5. The van der Waals surface area contributed by atoms with E-state index in [-0.39, 0.29) is 5.82 Å². The van der Waals surface area contributed by atoms with Crippen LogP contribution in [0.1, 0.15) is 11.1 Å². The molecule has 3 aromatic heterocycles. The maximum absolute atomic E-state index is 10.9. The summed E-state index contributed by atoms with van der Waals surface area (Å²) in [6.07, 6.45) is 6.76. The van der Waals surface area contributed by atoms with E-state index in [0.29, 0.717) is 24.6 Å². The number of anilines is 1. The summed E-state index contributed by atoms with van der Waals surface area (Å²) in [6.45, 7) is 0.556. The molecule has 3 heterocycles. The van der Waals surface area contributed by atoms with Crippen LogP contribution in [0, 0.1) is 0 Å². The molecule has 1 aromatic carbocycles. The van der Waals surface area contributed by atoms with Crippen molar-refractivity contribution in [2.75, 3.05) is 5.73 Å². The van der Waals surface area contributed by atoms with E-state index < -0.39 is 14.6 Å². The minimum Gasteiger partial charge on any atom is -0.756 e. The molecule has 0 fully saturated rings. The number of hydrogen-bond donors (Lipinski definition) is 2. The third-order valence-electron chi connectivity index (χ3n) is 4.81. The van der Waals surface area contributed by atoms with Crippen LogP contribution in [0.15, 0.2) is 79.4 Å². The quantitative estimate of drug-likeness (QED) is 0.281. The average molecular weight is 467 g/mol. The summed E-state index contributed by atoms with van der Waals surface area (Å²) in [7, 11) is -4.85. The third-order valence-corrected chi connectivity index (χ3v) is 5.25. The maximum Gasteiger partial charge on any atom is 0.282 e. The van der Waals surface area contributed by atoms with Gasteiger partial charge in [0.05, 0.1) is 24.5 Å². The van der Waals surface area contributed by atoms with Crippen molar-refractivity contribution in [1.82, 2.24) is 14.8 Å². The molecule has 4 rings (SSSR count). The molecule has 33 heavy (non-hydrogen) atoms. The van der Waals surface area contributed by atoms with Gasteiger partial charge in [-0.15, -0.1) is 0 Å². The largest absolute Gasteiger partial charge is 0.756 e. The number of rotatable bonds is 9. The predicted octanol–water partition coefficient (Wildman–Crippen LogP) is 1.88. The van der Waals surface area contributed by atoms with Crippen LogP contribution in [-0.2, 0) is 29.0 Å². The first-order valence-electron chi connectivity index (χ1n) is 9.98. The Morgan fingerprint density at radius 3 is 2.64 bits per heavy atom. The van der Waals surface area contributed by atoms with Crippen molar-refractivity contribution in [1.29, 1.82) is 0 Å². The van der Waals surface area contributed by atoms with Gasteiger partial charge < -0.3 is 14.5 Å². The summed E-state index contributed by atoms with van der Waals surface area (Å²) >= 11 is 0. The summed E-state index contributed by atoms with van der Waals surface area (Å²) in [5.41, 5.74) is 9.66. The van der Waals surface area contributed by atoms with Crippen LogP contribution in [-0.4, -0.2) is 19.7 Å². The van der Waals surface area contributed by atoms with Crippen LogP contribution in [0.2, 0.25) is 0 Å². The molecule has 0 saturated carbocycles. The standard InChI is InChI=1S/C22H22N5O5P/c23-22-20(4-3-11-26(22)16-32-33(28,29)30)19-12-25-27(14-19)13-17-6-8-18(9-7-17)15-31-21-5-1-2-10-24-21/h1-12,14,23H,13,15-16H2,(H2,28,29,30). The van der Waals surface area contributed by atoms with E-state index in [0.717, 1.165) is 16.7 Å². The first kappa shape index (κ1) is 22.6. The number of hydrogen-bond acceptors (Lipinski definition) is 7. The van der Waals surface area contributed by atoms with Crippen LogP contribution < -0.4 is 19.9 Å². The Kier molecular flexibility index (Phi) is 6.81. The molecule has 0 spiro atoms. The van der Waals surface area contributed by atoms with Crippen molar-refractivity contribution < 1.29 is 28.2 Å². The van der Waals surface area contributed by atoms with Crippen LogP contribution in [0.5, 0.6) is 5.88 Å². The SMILES string of the molecule is Nc1c(-c2cnn(Cc3ccc(COc4ccccn4)cc3)c2)ccc[n+]1COP(=O)([O-])O. The highest BCUT2D eigenvalue weighted by Crippen LogP contribution is 2.30. The van der Waals surface area contributed by atoms with Gasteiger partial charge in [-0.3, -0.25) is 19.5 Å². The van der Waals surface area contributed by atoms with Gasteiger partial charge in [-0.25, -0.2) is 9.55 Å². The normalized spacial score (nSPS) is 12.9. The molecule has 3 N–H and O–H groups in total. The third kappa shape index (κ3) is 6.24. The molecule has 4 aromatic rings. The maximum atomic E-state index is 10.9. The van der Waals surface area contributed by atoms with Crippen molar-refractivity contribution in [3.05, 3.63) is 90.5 Å². The molecule has 11 heteroatoms. The number of phosphoric ester groups is 1. The zero-order chi connectivity index (χ0) is 23.3. The molecule has 0 saturated heterocycles. The van der Waals surface area contributed by atoms with Gasteiger partial charge in [0.2, 0.25) is 5.88 Å². The highest BCUT2D eigenvalue weighted by Gasteiger charge is 2.16. The second-order valence-electron chi connectivity index (χ2n) is 7.20. The van der Waals surface area contributed by atoms with Crippen LogP contribution in [0.3, 0.4) is 0 Å². The molecule has 0 aliphatic carbocycles. The number of benzene rings is 1. The number of pyridine rings is 2. The summed E-state index contributed by atoms with van der Waals surface area (Å²) in [5.74, 6) is 0.861. The van der Waals surface area contributed by atoms with Crippen molar-refractivity contribution in [3.8, 4) is 17.0 Å². The minimum atomic E-state index is -4.85. The second-order valence-corrected chi connectivity index (χ2v) is 8.40. The van der Waals surface area contributed by atoms with Crippen molar-refractivity contribution in [3.63, 3.8) is 0 Å². The summed E-state index contributed by atoms with van der Waals surface area (Å²) in [6, 6.07) is 17.0. The number of phosphoric acid groups is 1. The van der Waals surface area contributed by atoms with E-state index in [9.17, 15) is 9.46 Å². The van der Waals surface area contributed by atoms with Crippen LogP contribution in [0.4, 0.5) is 5.82 Å². The molecule has 0 aliphatic rings. The van der Waals surface area contributed by atoms with Gasteiger partial charge in [0.25, 0.3) is 13.6 Å². The molecule has 0 radical (unpaired) electrons. The number of nitrogens with zero attached hydrogens (tertiary/aromatic N) is 4. The fraction of sp³-hybridized carbons (Fsp3) is 0.136. The average Bonchev–Trinajstić information content (AvgIpc) is 3.26. The molecule has 0 aliphatic heterocycles. The van der Waals surface area contributed by atoms with E-state index in [2.05, 4.69) is 14.6 Å². The molecular weight excluding hydrogens is 445 g/mol. The lowest BCUT2D eigenvalue weighted by atomic mass is 10.1. The van der Waals surface area contributed by atoms with Crippen molar-refractivity contribution >= 4 is 13.6 Å². The van der Waals surface area contributed by atoms with Crippen LogP contribution >= 0.6 is 7.82 Å². The fourth-order valence-corrected chi connectivity index (χ4v) is 3.43. The molecule has 1 unspecified atom stereocenters.